The molecule has 0 bridgehead atoms. The summed E-state index contributed by atoms with van der Waals surface area (Å²) in [5.41, 5.74) is 1.95. The monoisotopic (exact) mass is 188 g/mol. The number of hydrogen-bond donors (Lipinski definition) is 0. The molecular weight excluding hydrogens is 168 g/mol. The van der Waals surface area contributed by atoms with Crippen LogP contribution in [0.1, 0.15) is 27.7 Å². The van der Waals surface area contributed by atoms with Gasteiger partial charge >= 0.3 is 0 Å². The molecule has 0 spiro atoms. The lowest BCUT2D eigenvalue weighted by molar-refractivity contribution is -0.133. The van der Waals surface area contributed by atoms with E-state index in [2.05, 4.69) is 6.58 Å². The summed E-state index contributed by atoms with van der Waals surface area (Å²) in [6.07, 6.45) is 0.474. The highest BCUT2D eigenvalue weighted by molar-refractivity contribution is 6.42. The molecule has 0 unspecified atom stereocenters. The maximum Gasteiger partial charge on any atom is 0.139 e. The third kappa shape index (κ3) is 6.58. The Morgan fingerprint density at radius 1 is 1.08 bits per heavy atom. The van der Waals surface area contributed by atoms with E-state index in [1.54, 1.807) is 0 Å². The standard InChI is InChI=1S/C9H20O2Si/c1-6-12-9(10-7(2)3)11-8(4)5/h6-9H,1,12H2,2-5H3. The zero-order valence-electron chi connectivity index (χ0n) is 8.54. The van der Waals surface area contributed by atoms with Crippen molar-refractivity contribution in [3.05, 3.63) is 12.3 Å². The van der Waals surface area contributed by atoms with Gasteiger partial charge in [-0.2, -0.15) is 0 Å². The van der Waals surface area contributed by atoms with Crippen LogP contribution in [0.2, 0.25) is 0 Å². The van der Waals surface area contributed by atoms with Gasteiger partial charge in [-0.3, -0.25) is 0 Å². The summed E-state index contributed by atoms with van der Waals surface area (Å²) in [4.78, 5) is 0. The molecule has 0 aliphatic rings. The van der Waals surface area contributed by atoms with Crippen molar-refractivity contribution in [1.29, 1.82) is 0 Å². The summed E-state index contributed by atoms with van der Waals surface area (Å²) in [7, 11) is -0.430. The van der Waals surface area contributed by atoms with Gasteiger partial charge in [0.2, 0.25) is 0 Å². The Labute approximate surface area is 77.8 Å². The van der Waals surface area contributed by atoms with E-state index in [0.29, 0.717) is 0 Å². The van der Waals surface area contributed by atoms with Crippen LogP contribution in [0.4, 0.5) is 0 Å². The Balaban J connectivity index is 3.77. The van der Waals surface area contributed by atoms with E-state index in [0.717, 1.165) is 0 Å². The highest BCUT2D eigenvalue weighted by atomic mass is 28.2. The molecule has 0 N–H and O–H groups in total. The van der Waals surface area contributed by atoms with Gasteiger partial charge in [-0.1, -0.05) is 0 Å². The molecule has 0 atom stereocenters. The van der Waals surface area contributed by atoms with Gasteiger partial charge in [-0.25, -0.2) is 0 Å². The van der Waals surface area contributed by atoms with E-state index >= 15 is 0 Å². The van der Waals surface area contributed by atoms with E-state index < -0.39 is 9.52 Å². The van der Waals surface area contributed by atoms with E-state index in [4.69, 9.17) is 9.47 Å². The smallest absolute Gasteiger partial charge is 0.139 e. The van der Waals surface area contributed by atoms with Gasteiger partial charge in [-0.15, -0.1) is 12.3 Å². The van der Waals surface area contributed by atoms with Gasteiger partial charge in [0.05, 0.1) is 12.2 Å². The van der Waals surface area contributed by atoms with Crippen molar-refractivity contribution in [2.24, 2.45) is 0 Å². The minimum Gasteiger partial charge on any atom is -0.354 e. The van der Waals surface area contributed by atoms with Gasteiger partial charge in [-0.05, 0) is 27.7 Å². The summed E-state index contributed by atoms with van der Waals surface area (Å²) in [5, 5.41) is 0. The summed E-state index contributed by atoms with van der Waals surface area (Å²) >= 11 is 0. The van der Waals surface area contributed by atoms with Crippen LogP contribution < -0.4 is 0 Å². The molecule has 0 saturated heterocycles. The van der Waals surface area contributed by atoms with E-state index in [1.165, 1.54) is 0 Å². The van der Waals surface area contributed by atoms with Crippen molar-refractivity contribution in [1.82, 2.24) is 0 Å². The van der Waals surface area contributed by atoms with Crippen molar-refractivity contribution in [3.8, 4) is 0 Å². The molecule has 0 aliphatic heterocycles. The molecule has 3 heteroatoms. The van der Waals surface area contributed by atoms with Gasteiger partial charge in [0.25, 0.3) is 0 Å². The molecule has 0 rings (SSSR count). The van der Waals surface area contributed by atoms with Crippen LogP contribution in [0.25, 0.3) is 0 Å². The first kappa shape index (κ1) is 11.9. The molecule has 72 valence electrons. The molecule has 0 fully saturated rings. The lowest BCUT2D eigenvalue weighted by Crippen LogP contribution is -2.29. The van der Waals surface area contributed by atoms with Crippen LogP contribution >= 0.6 is 0 Å². The Morgan fingerprint density at radius 3 is 1.75 bits per heavy atom. The number of ether oxygens (including phenoxy) is 2. The van der Waals surface area contributed by atoms with Gasteiger partial charge < -0.3 is 9.47 Å². The third-order valence-corrected chi connectivity index (χ3v) is 2.31. The topological polar surface area (TPSA) is 18.5 Å². The third-order valence-electron chi connectivity index (χ3n) is 1.21. The molecule has 0 amide bonds. The van der Waals surface area contributed by atoms with Crippen LogP contribution in [-0.4, -0.2) is 27.6 Å². The highest BCUT2D eigenvalue weighted by Crippen LogP contribution is 2.02. The fourth-order valence-electron chi connectivity index (χ4n) is 0.886. The average molecular weight is 188 g/mol. The quantitative estimate of drug-likeness (QED) is 0.464. The van der Waals surface area contributed by atoms with Crippen LogP contribution in [0, 0.1) is 0 Å². The van der Waals surface area contributed by atoms with Crippen LogP contribution in [0.15, 0.2) is 12.3 Å². The predicted molar refractivity (Wildman–Crippen MR) is 55.0 cm³/mol. The van der Waals surface area contributed by atoms with Crippen molar-refractivity contribution in [2.45, 2.75) is 45.8 Å². The van der Waals surface area contributed by atoms with E-state index in [-0.39, 0.29) is 18.1 Å². The maximum atomic E-state index is 5.57. The molecule has 0 radical (unpaired) electrons. The second-order valence-corrected chi connectivity index (χ2v) is 5.04. The predicted octanol–water partition coefficient (Wildman–Crippen LogP) is 1.43. The van der Waals surface area contributed by atoms with Gasteiger partial charge in [0.15, 0.2) is 0 Å². The molecule has 0 aromatic carbocycles. The van der Waals surface area contributed by atoms with E-state index in [9.17, 15) is 0 Å². The van der Waals surface area contributed by atoms with E-state index in [1.807, 2.05) is 33.4 Å². The SMILES string of the molecule is C=C[SiH2]C(OC(C)C)OC(C)C. The van der Waals surface area contributed by atoms with Crippen LogP contribution in [0.3, 0.4) is 0 Å². The first-order chi connectivity index (χ1) is 5.56. The zero-order valence-corrected chi connectivity index (χ0v) is 9.95. The molecule has 0 aromatic heterocycles. The largest absolute Gasteiger partial charge is 0.354 e. The first-order valence-electron chi connectivity index (χ1n) is 4.48. The molecule has 0 aliphatic carbocycles. The Morgan fingerprint density at radius 2 is 1.50 bits per heavy atom. The second-order valence-electron chi connectivity index (χ2n) is 3.32. The van der Waals surface area contributed by atoms with Crippen molar-refractivity contribution in [3.63, 3.8) is 0 Å². The van der Waals surface area contributed by atoms with Gasteiger partial charge in [0, 0.05) is 0 Å². The molecular formula is C9H20O2Si. The second kappa shape index (κ2) is 6.40. The lowest BCUT2D eigenvalue weighted by atomic mass is 10.5. The van der Waals surface area contributed by atoms with Gasteiger partial charge in [0.1, 0.15) is 15.4 Å². The lowest BCUT2D eigenvalue weighted by Gasteiger charge is -2.21. The Hall–Kier alpha value is -0.123. The van der Waals surface area contributed by atoms with Crippen LogP contribution in [0.5, 0.6) is 0 Å². The summed E-state index contributed by atoms with van der Waals surface area (Å²) < 4.78 is 11.1. The molecule has 0 heterocycles. The first-order valence-corrected chi connectivity index (χ1v) is 6.11. The Bertz CT molecular complexity index is 114. The summed E-state index contributed by atoms with van der Waals surface area (Å²) in [6, 6.07) is 0. The van der Waals surface area contributed by atoms with Crippen molar-refractivity contribution < 1.29 is 9.47 Å². The van der Waals surface area contributed by atoms with Crippen molar-refractivity contribution in [2.75, 3.05) is 0 Å². The molecule has 0 aromatic rings. The highest BCUT2D eigenvalue weighted by Gasteiger charge is 2.11. The fraction of sp³-hybridized carbons (Fsp3) is 0.778. The summed E-state index contributed by atoms with van der Waals surface area (Å²) in [6.45, 7) is 11.8. The number of hydrogen-bond acceptors (Lipinski definition) is 2. The normalized spacial score (nSPS) is 12.6. The maximum absolute atomic E-state index is 5.57. The minimum absolute atomic E-state index is 0.00231. The fourth-order valence-corrected chi connectivity index (χ4v) is 2.15. The number of rotatable bonds is 6. The molecule has 12 heavy (non-hydrogen) atoms. The Kier molecular flexibility index (Phi) is 6.33. The average Bonchev–Trinajstić information content (AvgIpc) is 1.84. The minimum atomic E-state index is -0.430. The van der Waals surface area contributed by atoms with Crippen molar-refractivity contribution >= 4 is 9.52 Å². The zero-order chi connectivity index (χ0) is 9.56. The van der Waals surface area contributed by atoms with Crippen LogP contribution in [-0.2, 0) is 9.47 Å². The molecule has 0 saturated carbocycles. The molecule has 2 nitrogen and oxygen atoms in total. The summed E-state index contributed by atoms with van der Waals surface area (Å²) in [5.74, 6) is 0.00231.